The summed E-state index contributed by atoms with van der Waals surface area (Å²) in [6.07, 6.45) is 3.73. The summed E-state index contributed by atoms with van der Waals surface area (Å²) < 4.78 is 1.75. The van der Waals surface area contributed by atoms with E-state index < -0.39 is 0 Å². The molecule has 5 nitrogen and oxygen atoms in total. The molecule has 20 heavy (non-hydrogen) atoms. The molecule has 2 heterocycles. The van der Waals surface area contributed by atoms with E-state index >= 15 is 0 Å². The zero-order chi connectivity index (χ0) is 13.9. The van der Waals surface area contributed by atoms with Gasteiger partial charge in [0.1, 0.15) is 10.8 Å². The molecule has 3 rings (SSSR count). The van der Waals surface area contributed by atoms with Crippen molar-refractivity contribution in [1.82, 2.24) is 19.7 Å². The maximum Gasteiger partial charge on any atom is 0.162 e. The van der Waals surface area contributed by atoms with Crippen LogP contribution in [0.15, 0.2) is 58.7 Å². The Morgan fingerprint density at radius 2 is 1.95 bits per heavy atom. The molecule has 1 aromatic carbocycles. The lowest BCUT2D eigenvalue weighted by molar-refractivity contribution is 0.766. The van der Waals surface area contributed by atoms with Gasteiger partial charge >= 0.3 is 0 Å². The van der Waals surface area contributed by atoms with Gasteiger partial charge < -0.3 is 5.73 Å². The van der Waals surface area contributed by atoms with E-state index in [0.717, 1.165) is 15.5 Å². The Kier molecular flexibility index (Phi) is 3.39. The predicted octanol–water partition coefficient (Wildman–Crippen LogP) is 2.61. The molecule has 0 spiro atoms. The monoisotopic (exact) mass is 283 g/mol. The Balaban J connectivity index is 1.94. The minimum absolute atomic E-state index is 0.463. The van der Waals surface area contributed by atoms with Gasteiger partial charge in [0.2, 0.25) is 0 Å². The first-order valence-corrected chi connectivity index (χ1v) is 6.89. The summed E-state index contributed by atoms with van der Waals surface area (Å²) in [7, 11) is 1.88. The molecule has 100 valence electrons. The van der Waals surface area contributed by atoms with Crippen LogP contribution in [0.2, 0.25) is 0 Å². The van der Waals surface area contributed by atoms with Crippen molar-refractivity contribution in [3.05, 3.63) is 48.8 Å². The van der Waals surface area contributed by atoms with E-state index in [1.807, 2.05) is 43.6 Å². The maximum absolute atomic E-state index is 5.87. The van der Waals surface area contributed by atoms with Crippen LogP contribution < -0.4 is 5.73 Å². The molecule has 2 N–H and O–H groups in total. The van der Waals surface area contributed by atoms with Crippen molar-refractivity contribution < 1.29 is 0 Å². The third-order valence-electron chi connectivity index (χ3n) is 2.66. The van der Waals surface area contributed by atoms with E-state index in [4.69, 9.17) is 5.73 Å². The molecule has 0 bridgehead atoms. The van der Waals surface area contributed by atoms with Crippen molar-refractivity contribution in [2.24, 2.45) is 7.05 Å². The lowest BCUT2D eigenvalue weighted by Crippen LogP contribution is -1.97. The number of rotatable bonds is 3. The second kappa shape index (κ2) is 5.34. The number of aromatic nitrogens is 4. The second-order valence-electron chi connectivity index (χ2n) is 4.27. The molecular weight excluding hydrogens is 270 g/mol. The molecule has 6 heteroatoms. The summed E-state index contributed by atoms with van der Waals surface area (Å²) in [6.45, 7) is 0. The molecule has 0 radical (unpaired) electrons. The van der Waals surface area contributed by atoms with E-state index in [1.54, 1.807) is 16.9 Å². The van der Waals surface area contributed by atoms with Crippen molar-refractivity contribution in [3.63, 3.8) is 0 Å². The zero-order valence-corrected chi connectivity index (χ0v) is 11.7. The molecule has 0 fully saturated rings. The van der Waals surface area contributed by atoms with Crippen LogP contribution >= 0.6 is 11.8 Å². The maximum atomic E-state index is 5.87. The van der Waals surface area contributed by atoms with E-state index in [0.29, 0.717) is 11.6 Å². The molecule has 0 saturated carbocycles. The number of hydrogen-bond donors (Lipinski definition) is 1. The molecule has 0 aliphatic heterocycles. The number of benzene rings is 1. The highest BCUT2D eigenvalue weighted by Gasteiger charge is 2.07. The first-order chi connectivity index (χ1) is 9.70. The Hall–Kier alpha value is -2.34. The summed E-state index contributed by atoms with van der Waals surface area (Å²) in [5.74, 6) is 1.10. The van der Waals surface area contributed by atoms with Crippen molar-refractivity contribution in [2.45, 2.75) is 9.92 Å². The normalized spacial score (nSPS) is 10.7. The number of nitrogens with zero attached hydrogens (tertiary/aromatic N) is 4. The van der Waals surface area contributed by atoms with Crippen molar-refractivity contribution in [2.75, 3.05) is 5.73 Å². The first-order valence-electron chi connectivity index (χ1n) is 6.07. The highest BCUT2D eigenvalue weighted by Crippen LogP contribution is 2.28. The van der Waals surface area contributed by atoms with Crippen LogP contribution in [0.5, 0.6) is 0 Å². The summed E-state index contributed by atoms with van der Waals surface area (Å²) in [4.78, 5) is 9.84. The second-order valence-corrected chi connectivity index (χ2v) is 5.37. The van der Waals surface area contributed by atoms with Gasteiger partial charge in [0, 0.05) is 24.9 Å². The molecule has 0 unspecified atom stereocenters. The van der Waals surface area contributed by atoms with E-state index in [1.165, 1.54) is 11.8 Å². The van der Waals surface area contributed by atoms with Crippen LogP contribution in [-0.4, -0.2) is 19.7 Å². The van der Waals surface area contributed by atoms with E-state index in [2.05, 4.69) is 15.1 Å². The predicted molar refractivity (Wildman–Crippen MR) is 79.2 cm³/mol. The fraction of sp³-hybridized carbons (Fsp3) is 0.0714. The number of hydrogen-bond acceptors (Lipinski definition) is 5. The average molecular weight is 283 g/mol. The molecule has 0 saturated heterocycles. The fourth-order valence-corrected chi connectivity index (χ4v) is 2.64. The zero-order valence-electron chi connectivity index (χ0n) is 10.9. The van der Waals surface area contributed by atoms with Gasteiger partial charge in [0.25, 0.3) is 0 Å². The fourth-order valence-electron chi connectivity index (χ4n) is 1.78. The lowest BCUT2D eigenvalue weighted by Gasteiger charge is -2.04. The van der Waals surface area contributed by atoms with Crippen LogP contribution in [0, 0.1) is 0 Å². The Morgan fingerprint density at radius 3 is 2.65 bits per heavy atom. The van der Waals surface area contributed by atoms with Crippen LogP contribution in [0.3, 0.4) is 0 Å². The van der Waals surface area contributed by atoms with Gasteiger partial charge in [0.05, 0.1) is 11.1 Å². The number of aryl methyl sites for hydroxylation is 1. The van der Waals surface area contributed by atoms with Gasteiger partial charge in [-0.3, -0.25) is 4.68 Å². The van der Waals surface area contributed by atoms with Gasteiger partial charge in [0.15, 0.2) is 5.82 Å². The van der Waals surface area contributed by atoms with Crippen LogP contribution in [0.4, 0.5) is 5.82 Å². The Bertz CT molecular complexity index is 723. The van der Waals surface area contributed by atoms with Crippen molar-refractivity contribution in [1.29, 1.82) is 0 Å². The van der Waals surface area contributed by atoms with Gasteiger partial charge in [-0.1, -0.05) is 42.1 Å². The molecule has 0 atom stereocenters. The largest absolute Gasteiger partial charge is 0.384 e. The molecule has 2 aromatic heterocycles. The van der Waals surface area contributed by atoms with Gasteiger partial charge in [-0.15, -0.1) is 0 Å². The van der Waals surface area contributed by atoms with Gasteiger partial charge in [-0.25, -0.2) is 9.97 Å². The van der Waals surface area contributed by atoms with Crippen molar-refractivity contribution >= 4 is 17.6 Å². The quantitative estimate of drug-likeness (QED) is 0.748. The number of nitrogen functional groups attached to an aromatic ring is 1. The Labute approximate surface area is 120 Å². The molecule has 3 aromatic rings. The topological polar surface area (TPSA) is 69.6 Å². The highest BCUT2D eigenvalue weighted by molar-refractivity contribution is 7.99. The Morgan fingerprint density at radius 1 is 1.15 bits per heavy atom. The average Bonchev–Trinajstić information content (AvgIpc) is 2.84. The van der Waals surface area contributed by atoms with Crippen LogP contribution in [0.1, 0.15) is 0 Å². The molecule has 0 aliphatic carbocycles. The van der Waals surface area contributed by atoms with Gasteiger partial charge in [-0.05, 0) is 0 Å². The smallest absolute Gasteiger partial charge is 0.162 e. The highest BCUT2D eigenvalue weighted by atomic mass is 32.2. The number of nitrogens with two attached hydrogens (primary N) is 1. The standard InChI is InChI=1S/C14H13N5S/c1-19-9-11(8-16-19)20-13-7-12(15)17-14(18-13)10-5-3-2-4-6-10/h2-9H,1H3,(H2,15,17,18). The summed E-state index contributed by atoms with van der Waals surface area (Å²) in [6, 6.07) is 11.6. The summed E-state index contributed by atoms with van der Waals surface area (Å²) >= 11 is 1.52. The molecular formula is C14H13N5S. The minimum Gasteiger partial charge on any atom is -0.384 e. The third kappa shape index (κ3) is 2.80. The van der Waals surface area contributed by atoms with E-state index in [9.17, 15) is 0 Å². The van der Waals surface area contributed by atoms with Crippen LogP contribution in [-0.2, 0) is 7.05 Å². The van der Waals surface area contributed by atoms with Crippen molar-refractivity contribution in [3.8, 4) is 11.4 Å². The molecule has 0 aliphatic rings. The van der Waals surface area contributed by atoms with E-state index in [-0.39, 0.29) is 0 Å². The third-order valence-corrected chi connectivity index (χ3v) is 3.52. The van der Waals surface area contributed by atoms with Crippen LogP contribution in [0.25, 0.3) is 11.4 Å². The minimum atomic E-state index is 0.463. The SMILES string of the molecule is Cn1cc(Sc2cc(N)nc(-c3ccccc3)n2)cn1. The number of anilines is 1. The summed E-state index contributed by atoms with van der Waals surface area (Å²) in [5.41, 5.74) is 6.82. The summed E-state index contributed by atoms with van der Waals surface area (Å²) in [5, 5.41) is 4.95. The lowest BCUT2D eigenvalue weighted by atomic mass is 10.2. The first kappa shape index (κ1) is 12.7. The molecule has 0 amide bonds. The van der Waals surface area contributed by atoms with Gasteiger partial charge in [-0.2, -0.15) is 5.10 Å².